The monoisotopic (exact) mass is 275 g/mol. The van der Waals surface area contributed by atoms with E-state index in [1.165, 1.54) is 12.1 Å². The fraction of sp³-hybridized carbons (Fsp3) is 0.167. The molecule has 0 saturated heterocycles. The minimum atomic E-state index is -0.694. The molecule has 8 heteroatoms. The lowest BCUT2D eigenvalue weighted by molar-refractivity contribution is 0.0946. The highest BCUT2D eigenvalue weighted by Gasteiger charge is 2.12. The Hall–Kier alpha value is -2.79. The summed E-state index contributed by atoms with van der Waals surface area (Å²) in [4.78, 5) is 11.8. The molecular formula is C12H10FN5O2. The molecule has 0 unspecified atom stereocenters. The summed E-state index contributed by atoms with van der Waals surface area (Å²) in [5.74, 6) is 3.96. The Labute approximate surface area is 113 Å². The number of carbonyl (C=O) groups is 1. The zero-order valence-corrected chi connectivity index (χ0v) is 10.2. The summed E-state index contributed by atoms with van der Waals surface area (Å²) in [5, 5.41) is 23.9. The zero-order valence-electron chi connectivity index (χ0n) is 10.2. The Morgan fingerprint density at radius 2 is 2.35 bits per heavy atom. The quantitative estimate of drug-likeness (QED) is 0.662. The predicted molar refractivity (Wildman–Crippen MR) is 65.7 cm³/mol. The Morgan fingerprint density at radius 3 is 3.00 bits per heavy atom. The van der Waals surface area contributed by atoms with Crippen LogP contribution in [0.1, 0.15) is 21.7 Å². The molecule has 0 radical (unpaired) electrons. The van der Waals surface area contributed by atoms with E-state index in [9.17, 15) is 9.18 Å². The third kappa shape index (κ3) is 3.37. The molecule has 0 spiro atoms. The van der Waals surface area contributed by atoms with Crippen molar-refractivity contribution in [1.82, 2.24) is 25.9 Å². The largest absolute Gasteiger partial charge is 0.384 e. The Bertz CT molecular complexity index is 660. The van der Waals surface area contributed by atoms with Crippen LogP contribution >= 0.6 is 0 Å². The van der Waals surface area contributed by atoms with Crippen molar-refractivity contribution in [3.63, 3.8) is 0 Å². The first-order chi connectivity index (χ1) is 9.70. The van der Waals surface area contributed by atoms with Gasteiger partial charge in [0.05, 0.1) is 12.1 Å². The molecule has 2 rings (SSSR count). The summed E-state index contributed by atoms with van der Waals surface area (Å²) >= 11 is 0. The molecule has 1 aromatic heterocycles. The standard InChI is InChI=1S/C12H10FN5O2/c13-10-6-8(2-1-5-19)3-4-9(10)12(20)14-7-11-15-17-18-16-11/h3-4,6,19H,5,7H2,(H,14,20)(H,15,16,17,18). The van der Waals surface area contributed by atoms with Crippen molar-refractivity contribution in [2.24, 2.45) is 0 Å². The van der Waals surface area contributed by atoms with Crippen molar-refractivity contribution in [3.8, 4) is 11.8 Å². The van der Waals surface area contributed by atoms with Gasteiger partial charge in [-0.1, -0.05) is 17.1 Å². The average Bonchev–Trinajstić information content (AvgIpc) is 2.96. The van der Waals surface area contributed by atoms with Gasteiger partial charge in [0.2, 0.25) is 0 Å². The molecule has 0 saturated carbocycles. The number of aliphatic hydroxyl groups is 1. The van der Waals surface area contributed by atoms with Gasteiger partial charge in [0.15, 0.2) is 5.82 Å². The number of rotatable bonds is 3. The van der Waals surface area contributed by atoms with E-state index in [1.54, 1.807) is 0 Å². The molecule has 102 valence electrons. The summed E-state index contributed by atoms with van der Waals surface area (Å²) in [6, 6.07) is 3.95. The molecule has 0 atom stereocenters. The second kappa shape index (κ2) is 6.40. The van der Waals surface area contributed by atoms with Gasteiger partial charge in [-0.05, 0) is 18.2 Å². The minimum absolute atomic E-state index is 0.0425. The molecule has 2 aromatic rings. The second-order valence-corrected chi connectivity index (χ2v) is 3.67. The summed E-state index contributed by atoms with van der Waals surface area (Å²) < 4.78 is 13.8. The first kappa shape index (κ1) is 13.6. The van der Waals surface area contributed by atoms with Crippen LogP contribution in [-0.4, -0.2) is 38.2 Å². The Morgan fingerprint density at radius 1 is 1.50 bits per heavy atom. The van der Waals surface area contributed by atoms with Crippen LogP contribution in [0.15, 0.2) is 18.2 Å². The van der Waals surface area contributed by atoms with E-state index in [4.69, 9.17) is 5.11 Å². The fourth-order valence-corrected chi connectivity index (χ4v) is 1.43. The summed E-state index contributed by atoms with van der Waals surface area (Å²) in [7, 11) is 0. The third-order valence-corrected chi connectivity index (χ3v) is 2.32. The van der Waals surface area contributed by atoms with Crippen molar-refractivity contribution in [1.29, 1.82) is 0 Å². The van der Waals surface area contributed by atoms with Gasteiger partial charge in [0.1, 0.15) is 12.4 Å². The number of hydrogen-bond acceptors (Lipinski definition) is 5. The van der Waals surface area contributed by atoms with E-state index in [0.29, 0.717) is 11.4 Å². The number of tetrazole rings is 1. The fourth-order valence-electron chi connectivity index (χ4n) is 1.43. The molecule has 0 aliphatic heterocycles. The molecule has 0 bridgehead atoms. The normalized spacial score (nSPS) is 9.70. The van der Waals surface area contributed by atoms with Crippen molar-refractivity contribution in [2.75, 3.05) is 6.61 Å². The van der Waals surface area contributed by atoms with E-state index in [1.807, 2.05) is 0 Å². The maximum Gasteiger partial charge on any atom is 0.254 e. The van der Waals surface area contributed by atoms with E-state index in [-0.39, 0.29) is 18.7 Å². The lowest BCUT2D eigenvalue weighted by Crippen LogP contribution is -2.24. The Kier molecular flexibility index (Phi) is 4.36. The lowest BCUT2D eigenvalue weighted by Gasteiger charge is -2.04. The SMILES string of the molecule is O=C(NCc1nn[nH]n1)c1ccc(C#CCO)cc1F. The van der Waals surface area contributed by atoms with Gasteiger partial charge in [-0.3, -0.25) is 4.79 Å². The van der Waals surface area contributed by atoms with Crippen LogP contribution in [0.2, 0.25) is 0 Å². The average molecular weight is 275 g/mol. The molecule has 3 N–H and O–H groups in total. The van der Waals surface area contributed by atoms with Crippen LogP contribution in [0.5, 0.6) is 0 Å². The molecule has 1 amide bonds. The molecular weight excluding hydrogens is 265 g/mol. The van der Waals surface area contributed by atoms with Crippen LogP contribution in [0, 0.1) is 17.7 Å². The number of nitrogens with one attached hydrogen (secondary N) is 2. The van der Waals surface area contributed by atoms with E-state index in [0.717, 1.165) is 6.07 Å². The third-order valence-electron chi connectivity index (χ3n) is 2.32. The molecule has 0 fully saturated rings. The predicted octanol–water partition coefficient (Wildman–Crippen LogP) is -0.387. The summed E-state index contributed by atoms with van der Waals surface area (Å²) in [6.45, 7) is -0.268. The van der Waals surface area contributed by atoms with Crippen LogP contribution < -0.4 is 5.32 Å². The van der Waals surface area contributed by atoms with Gasteiger partial charge < -0.3 is 10.4 Å². The molecule has 1 heterocycles. The number of benzene rings is 1. The number of hydrogen-bond donors (Lipinski definition) is 3. The number of H-pyrrole nitrogens is 1. The maximum absolute atomic E-state index is 13.8. The Balaban J connectivity index is 2.06. The molecule has 0 aliphatic carbocycles. The number of amides is 1. The molecule has 0 aliphatic rings. The number of halogens is 1. The smallest absolute Gasteiger partial charge is 0.254 e. The molecule has 20 heavy (non-hydrogen) atoms. The first-order valence-electron chi connectivity index (χ1n) is 5.60. The van der Waals surface area contributed by atoms with Crippen molar-refractivity contribution >= 4 is 5.91 Å². The highest BCUT2D eigenvalue weighted by Crippen LogP contribution is 2.10. The topological polar surface area (TPSA) is 104 Å². The molecule has 1 aromatic carbocycles. The van der Waals surface area contributed by atoms with Crippen LogP contribution in [-0.2, 0) is 6.54 Å². The zero-order chi connectivity index (χ0) is 14.4. The second-order valence-electron chi connectivity index (χ2n) is 3.67. The van der Waals surface area contributed by atoms with Gasteiger partial charge >= 0.3 is 0 Å². The number of aromatic amines is 1. The first-order valence-corrected chi connectivity index (χ1v) is 5.60. The van der Waals surface area contributed by atoms with Crippen LogP contribution in [0.4, 0.5) is 4.39 Å². The maximum atomic E-state index is 13.8. The number of nitrogens with zero attached hydrogens (tertiary/aromatic N) is 3. The minimum Gasteiger partial charge on any atom is -0.384 e. The lowest BCUT2D eigenvalue weighted by atomic mass is 10.1. The van der Waals surface area contributed by atoms with Crippen molar-refractivity contribution in [3.05, 3.63) is 41.0 Å². The van der Waals surface area contributed by atoms with Gasteiger partial charge in [-0.25, -0.2) is 4.39 Å². The van der Waals surface area contributed by atoms with Crippen LogP contribution in [0.25, 0.3) is 0 Å². The van der Waals surface area contributed by atoms with Crippen molar-refractivity contribution in [2.45, 2.75) is 6.54 Å². The molecule has 7 nitrogen and oxygen atoms in total. The van der Waals surface area contributed by atoms with Gasteiger partial charge in [0.25, 0.3) is 5.91 Å². The van der Waals surface area contributed by atoms with Crippen molar-refractivity contribution < 1.29 is 14.3 Å². The highest BCUT2D eigenvalue weighted by molar-refractivity contribution is 5.94. The number of aromatic nitrogens is 4. The van der Waals surface area contributed by atoms with Crippen LogP contribution in [0.3, 0.4) is 0 Å². The summed E-state index contributed by atoms with van der Waals surface area (Å²) in [5.41, 5.74) is 0.273. The number of aliphatic hydroxyl groups excluding tert-OH is 1. The van der Waals surface area contributed by atoms with E-state index < -0.39 is 11.7 Å². The van der Waals surface area contributed by atoms with E-state index >= 15 is 0 Å². The van der Waals surface area contributed by atoms with Gasteiger partial charge in [-0.15, -0.1) is 10.2 Å². The van der Waals surface area contributed by atoms with E-state index in [2.05, 4.69) is 37.8 Å². The summed E-state index contributed by atoms with van der Waals surface area (Å²) in [6.07, 6.45) is 0. The van der Waals surface area contributed by atoms with Gasteiger partial charge in [0, 0.05) is 5.56 Å². The highest BCUT2D eigenvalue weighted by atomic mass is 19.1. The number of carbonyl (C=O) groups excluding carboxylic acids is 1. The van der Waals surface area contributed by atoms with Gasteiger partial charge in [-0.2, -0.15) is 5.21 Å².